The summed E-state index contributed by atoms with van der Waals surface area (Å²) in [5.41, 5.74) is 2.97. The molecule has 0 aromatic heterocycles. The van der Waals surface area contributed by atoms with Gasteiger partial charge in [-0.05, 0) is 19.4 Å². The first-order chi connectivity index (χ1) is 11.4. The zero-order chi connectivity index (χ0) is 17.7. The summed E-state index contributed by atoms with van der Waals surface area (Å²) < 4.78 is 17.7. The van der Waals surface area contributed by atoms with Crippen molar-refractivity contribution >= 4 is 49.4 Å². The molecule has 0 radical (unpaired) electrons. The fraction of sp³-hybridized carbons (Fsp3) is 0.647. The molecule has 4 nitrogen and oxygen atoms in total. The molecule has 1 fully saturated rings. The van der Waals surface area contributed by atoms with Gasteiger partial charge in [0.05, 0.1) is 23.7 Å². The molecule has 7 heteroatoms. The predicted octanol–water partition coefficient (Wildman–Crippen LogP) is 4.24. The van der Waals surface area contributed by atoms with Gasteiger partial charge in [0, 0.05) is 23.2 Å². The average Bonchev–Trinajstić information content (AvgIpc) is 2.89. The van der Waals surface area contributed by atoms with Gasteiger partial charge in [0.15, 0.2) is 0 Å². The Kier molecular flexibility index (Phi) is 8.05. The lowest BCUT2D eigenvalue weighted by molar-refractivity contribution is -0.157. The summed E-state index contributed by atoms with van der Waals surface area (Å²) in [6, 6.07) is 0. The Hall–Kier alpha value is -0.100. The van der Waals surface area contributed by atoms with E-state index < -0.39 is 0 Å². The maximum absolute atomic E-state index is 11.4. The van der Waals surface area contributed by atoms with Crippen LogP contribution in [0.25, 0.3) is 0 Å². The van der Waals surface area contributed by atoms with Crippen molar-refractivity contribution in [3.63, 3.8) is 0 Å². The van der Waals surface area contributed by atoms with Crippen LogP contribution in [0.15, 0.2) is 28.9 Å². The van der Waals surface area contributed by atoms with Crippen molar-refractivity contribution in [2.75, 3.05) is 0 Å². The number of carbonyl (C=O) groups is 1. The van der Waals surface area contributed by atoms with Gasteiger partial charge in [-0.3, -0.25) is 4.79 Å². The number of fused-ring (bicyclic) bond motifs is 2. The summed E-state index contributed by atoms with van der Waals surface area (Å²) in [6.45, 7) is 3.38. The van der Waals surface area contributed by atoms with Crippen molar-refractivity contribution in [1.29, 1.82) is 0 Å². The molecular formula is C17H21Br2ClO4. The highest BCUT2D eigenvalue weighted by molar-refractivity contribution is 9.11. The smallest absolute Gasteiger partial charge is 0.302 e. The average molecular weight is 485 g/mol. The normalized spacial score (nSPS) is 40.8. The Bertz CT molecular complexity index is 533. The highest BCUT2D eigenvalue weighted by atomic mass is 79.9. The van der Waals surface area contributed by atoms with Crippen molar-refractivity contribution in [2.24, 2.45) is 0 Å². The molecule has 24 heavy (non-hydrogen) atoms. The lowest BCUT2D eigenvalue weighted by atomic mass is 10.0. The fourth-order valence-electron chi connectivity index (χ4n) is 2.96. The van der Waals surface area contributed by atoms with E-state index in [1.165, 1.54) is 6.92 Å². The number of ether oxygens (including phenoxy) is 3. The van der Waals surface area contributed by atoms with Crippen molar-refractivity contribution in [2.45, 2.75) is 67.4 Å². The molecule has 2 rings (SSSR count). The minimum Gasteiger partial charge on any atom is -0.460 e. The predicted molar refractivity (Wildman–Crippen MR) is 101 cm³/mol. The number of esters is 1. The van der Waals surface area contributed by atoms with Crippen molar-refractivity contribution in [3.05, 3.63) is 28.9 Å². The lowest BCUT2D eigenvalue weighted by Gasteiger charge is -2.26. The van der Waals surface area contributed by atoms with E-state index >= 15 is 0 Å². The Balaban J connectivity index is 2.26. The van der Waals surface area contributed by atoms with Crippen LogP contribution < -0.4 is 0 Å². The molecule has 0 spiro atoms. The van der Waals surface area contributed by atoms with Crippen LogP contribution in [-0.4, -0.2) is 46.7 Å². The highest BCUT2D eigenvalue weighted by Crippen LogP contribution is 2.35. The number of carbonyl (C=O) groups excluding carboxylic acids is 1. The summed E-state index contributed by atoms with van der Waals surface area (Å²) in [5.74, 6) is -0.326. The third-order valence-corrected chi connectivity index (χ3v) is 5.49. The third-order valence-electron chi connectivity index (χ3n) is 4.00. The topological polar surface area (TPSA) is 44.8 Å². The van der Waals surface area contributed by atoms with E-state index in [9.17, 15) is 4.79 Å². The molecule has 2 heterocycles. The summed E-state index contributed by atoms with van der Waals surface area (Å²) in [5, 5.41) is -0.286. The Morgan fingerprint density at radius 1 is 1.38 bits per heavy atom. The molecule has 134 valence electrons. The molecular weight excluding hydrogens is 463 g/mol. The standard InChI is InChI=1S/C17H21Br2ClO4/c1-10-17-14(19)9-16(24-17)15(23-11(2)21)8-12(20)5-6-13(22-10)4-3-7-18/h4-7,10,12-17H,8-9H2,1-2H3/b6-5+/t3?,10-,12-,13+,14-,15-,16-,17+/m0/s1. The van der Waals surface area contributed by atoms with Crippen LogP contribution in [0.4, 0.5) is 0 Å². The van der Waals surface area contributed by atoms with Gasteiger partial charge < -0.3 is 14.2 Å². The van der Waals surface area contributed by atoms with E-state index in [-0.39, 0.29) is 46.7 Å². The van der Waals surface area contributed by atoms with E-state index in [1.54, 1.807) is 4.99 Å². The molecule has 0 N–H and O–H groups in total. The van der Waals surface area contributed by atoms with Gasteiger partial charge in [-0.1, -0.05) is 44.0 Å². The van der Waals surface area contributed by atoms with Crippen molar-refractivity contribution in [3.8, 4) is 0 Å². The summed E-state index contributed by atoms with van der Waals surface area (Å²) >= 11 is 13.3. The van der Waals surface area contributed by atoms with Crippen LogP contribution in [0.2, 0.25) is 0 Å². The van der Waals surface area contributed by atoms with Gasteiger partial charge in [-0.2, -0.15) is 0 Å². The Morgan fingerprint density at radius 3 is 2.79 bits per heavy atom. The molecule has 2 aliphatic heterocycles. The molecule has 0 aliphatic carbocycles. The van der Waals surface area contributed by atoms with E-state index in [0.717, 1.165) is 6.42 Å². The quantitative estimate of drug-likeness (QED) is 0.255. The van der Waals surface area contributed by atoms with Gasteiger partial charge in [-0.15, -0.1) is 17.3 Å². The van der Waals surface area contributed by atoms with Crippen LogP contribution in [0, 0.1) is 0 Å². The second-order valence-electron chi connectivity index (χ2n) is 5.92. The van der Waals surface area contributed by atoms with Crippen LogP contribution in [0.3, 0.4) is 0 Å². The summed E-state index contributed by atoms with van der Waals surface area (Å²) in [6.07, 6.45) is 5.70. The highest BCUT2D eigenvalue weighted by Gasteiger charge is 2.43. The van der Waals surface area contributed by atoms with E-state index in [1.807, 2.05) is 25.2 Å². The molecule has 2 bridgehead atoms. The van der Waals surface area contributed by atoms with E-state index in [2.05, 4.69) is 37.6 Å². The number of rotatable bonds is 2. The van der Waals surface area contributed by atoms with Crippen LogP contribution in [0.5, 0.6) is 0 Å². The first kappa shape index (κ1) is 20.2. The first-order valence-electron chi connectivity index (χ1n) is 7.86. The SMILES string of the molecule is CC(=O)O[C@H]1C[C@@H](Cl)/C=C/[C@@H](C=C=CBr)O[C@@H](C)[C@H]2O[C@H]1C[C@@H]2Br. The second-order valence-corrected chi connectivity index (χ2v) is 8.12. The van der Waals surface area contributed by atoms with Crippen molar-refractivity contribution in [1.82, 2.24) is 0 Å². The van der Waals surface area contributed by atoms with E-state index in [0.29, 0.717) is 6.42 Å². The molecule has 7 atom stereocenters. The molecule has 0 saturated carbocycles. The molecule has 0 aromatic carbocycles. The second kappa shape index (κ2) is 9.56. The minimum atomic E-state index is -0.374. The first-order valence-corrected chi connectivity index (χ1v) is 10.1. The monoisotopic (exact) mass is 482 g/mol. The summed E-state index contributed by atoms with van der Waals surface area (Å²) in [4.78, 5) is 13.2. The minimum absolute atomic E-state index is 0.128. The van der Waals surface area contributed by atoms with Crippen LogP contribution >= 0.6 is 43.5 Å². The Labute approximate surface area is 164 Å². The van der Waals surface area contributed by atoms with Gasteiger partial charge in [0.2, 0.25) is 0 Å². The van der Waals surface area contributed by atoms with E-state index in [4.69, 9.17) is 25.8 Å². The van der Waals surface area contributed by atoms with Gasteiger partial charge >= 0.3 is 5.97 Å². The number of allylic oxidation sites excluding steroid dienone is 1. The number of halogens is 3. The zero-order valence-corrected chi connectivity index (χ0v) is 17.5. The van der Waals surface area contributed by atoms with Gasteiger partial charge in [0.1, 0.15) is 12.2 Å². The maximum atomic E-state index is 11.4. The zero-order valence-electron chi connectivity index (χ0n) is 13.5. The van der Waals surface area contributed by atoms with Gasteiger partial charge in [0.25, 0.3) is 0 Å². The largest absolute Gasteiger partial charge is 0.460 e. The maximum Gasteiger partial charge on any atom is 0.302 e. The van der Waals surface area contributed by atoms with Gasteiger partial charge in [-0.25, -0.2) is 0 Å². The molecule has 2 aliphatic rings. The number of hydrogen-bond donors (Lipinski definition) is 0. The molecule has 0 unspecified atom stereocenters. The third kappa shape index (κ3) is 5.72. The van der Waals surface area contributed by atoms with Crippen LogP contribution in [0.1, 0.15) is 26.7 Å². The Morgan fingerprint density at radius 2 is 2.12 bits per heavy atom. The van der Waals surface area contributed by atoms with Crippen molar-refractivity contribution < 1.29 is 19.0 Å². The number of hydrogen-bond acceptors (Lipinski definition) is 4. The molecule has 0 aromatic rings. The fourth-order valence-corrected chi connectivity index (χ4v) is 4.29. The van der Waals surface area contributed by atoms with Crippen LogP contribution in [-0.2, 0) is 19.0 Å². The number of alkyl halides is 2. The lowest BCUT2D eigenvalue weighted by Crippen LogP contribution is -2.36. The summed E-state index contributed by atoms with van der Waals surface area (Å²) in [7, 11) is 0. The molecule has 1 saturated heterocycles. The molecule has 0 amide bonds.